The van der Waals surface area contributed by atoms with E-state index in [0.717, 1.165) is 25.2 Å². The quantitative estimate of drug-likeness (QED) is 0.694. The van der Waals surface area contributed by atoms with Crippen LogP contribution in [0.5, 0.6) is 5.75 Å². The Hall–Kier alpha value is -1.25. The molecule has 1 rings (SSSR count). The zero-order valence-corrected chi connectivity index (χ0v) is 7.29. The van der Waals surface area contributed by atoms with Crippen LogP contribution in [0.3, 0.4) is 0 Å². The van der Waals surface area contributed by atoms with Crippen molar-refractivity contribution in [2.75, 3.05) is 12.3 Å². The first kappa shape index (κ1) is 8.84. The molecular weight excluding hydrogens is 152 g/mol. The van der Waals surface area contributed by atoms with E-state index in [1.165, 1.54) is 0 Å². The Kier molecular flexibility index (Phi) is 3.38. The molecule has 3 heteroatoms. The Morgan fingerprint density at radius 3 is 3.08 bits per heavy atom. The minimum atomic E-state index is 0.605. The molecule has 0 aromatic carbocycles. The molecule has 2 N–H and O–H groups in total. The molecule has 0 bridgehead atoms. The Morgan fingerprint density at radius 2 is 2.42 bits per heavy atom. The second-order valence-corrected chi connectivity index (χ2v) is 2.62. The standard InChI is InChI=1S/C9H14N2O/c1-2-3-6-12-9-4-5-11-7-8(9)10/h4-5,7H,2-3,6,10H2,1H3. The lowest BCUT2D eigenvalue weighted by molar-refractivity contribution is 0.310. The van der Waals surface area contributed by atoms with Gasteiger partial charge in [-0.2, -0.15) is 0 Å². The Morgan fingerprint density at radius 1 is 1.58 bits per heavy atom. The van der Waals surface area contributed by atoms with Crippen LogP contribution in [-0.4, -0.2) is 11.6 Å². The molecule has 0 atom stereocenters. The lowest BCUT2D eigenvalue weighted by Gasteiger charge is -2.06. The van der Waals surface area contributed by atoms with E-state index < -0.39 is 0 Å². The van der Waals surface area contributed by atoms with E-state index >= 15 is 0 Å². The highest BCUT2D eigenvalue weighted by molar-refractivity contribution is 5.49. The summed E-state index contributed by atoms with van der Waals surface area (Å²) in [6.45, 7) is 2.85. The van der Waals surface area contributed by atoms with Gasteiger partial charge in [0.25, 0.3) is 0 Å². The molecule has 1 aromatic rings. The maximum atomic E-state index is 5.62. The number of hydrogen-bond donors (Lipinski definition) is 1. The van der Waals surface area contributed by atoms with Crippen LogP contribution >= 0.6 is 0 Å². The Bertz CT molecular complexity index is 238. The van der Waals surface area contributed by atoms with E-state index in [2.05, 4.69) is 11.9 Å². The summed E-state index contributed by atoms with van der Waals surface area (Å²) in [7, 11) is 0. The first-order valence-electron chi connectivity index (χ1n) is 4.17. The molecule has 0 fully saturated rings. The average Bonchev–Trinajstić information content (AvgIpc) is 2.09. The van der Waals surface area contributed by atoms with Gasteiger partial charge in [-0.15, -0.1) is 0 Å². The monoisotopic (exact) mass is 166 g/mol. The van der Waals surface area contributed by atoms with Crippen LogP contribution in [0.25, 0.3) is 0 Å². The summed E-state index contributed by atoms with van der Waals surface area (Å²) < 4.78 is 5.41. The normalized spacial score (nSPS) is 9.75. The van der Waals surface area contributed by atoms with Gasteiger partial charge in [0, 0.05) is 12.3 Å². The predicted octanol–water partition coefficient (Wildman–Crippen LogP) is 1.84. The third-order valence-corrected chi connectivity index (χ3v) is 1.57. The van der Waals surface area contributed by atoms with Gasteiger partial charge in [0.05, 0.1) is 18.5 Å². The lowest BCUT2D eigenvalue weighted by atomic mass is 10.3. The molecule has 66 valence electrons. The number of hydrogen-bond acceptors (Lipinski definition) is 3. The third kappa shape index (κ3) is 2.42. The molecule has 1 heterocycles. The van der Waals surface area contributed by atoms with Crippen LogP contribution in [-0.2, 0) is 0 Å². The van der Waals surface area contributed by atoms with Gasteiger partial charge < -0.3 is 10.5 Å². The van der Waals surface area contributed by atoms with Crippen LogP contribution in [0, 0.1) is 0 Å². The maximum Gasteiger partial charge on any atom is 0.145 e. The third-order valence-electron chi connectivity index (χ3n) is 1.57. The molecule has 0 unspecified atom stereocenters. The topological polar surface area (TPSA) is 48.1 Å². The number of nitrogen functional groups attached to an aromatic ring is 1. The largest absolute Gasteiger partial charge is 0.491 e. The fourth-order valence-corrected chi connectivity index (χ4v) is 0.852. The van der Waals surface area contributed by atoms with E-state index in [9.17, 15) is 0 Å². The summed E-state index contributed by atoms with van der Waals surface area (Å²) >= 11 is 0. The number of rotatable bonds is 4. The zero-order chi connectivity index (χ0) is 8.81. The molecule has 0 saturated carbocycles. The summed E-state index contributed by atoms with van der Waals surface area (Å²) in [6.07, 6.45) is 5.46. The summed E-state index contributed by atoms with van der Waals surface area (Å²) in [5.41, 5.74) is 6.22. The van der Waals surface area contributed by atoms with Crippen molar-refractivity contribution in [3.05, 3.63) is 18.5 Å². The average molecular weight is 166 g/mol. The highest BCUT2D eigenvalue weighted by Gasteiger charge is 1.96. The van der Waals surface area contributed by atoms with Gasteiger partial charge in [0.1, 0.15) is 5.75 Å². The van der Waals surface area contributed by atoms with Crippen LogP contribution < -0.4 is 10.5 Å². The predicted molar refractivity (Wildman–Crippen MR) is 49.1 cm³/mol. The summed E-state index contributed by atoms with van der Waals surface area (Å²) in [5.74, 6) is 0.735. The van der Waals surface area contributed by atoms with Crippen molar-refractivity contribution in [2.45, 2.75) is 19.8 Å². The van der Waals surface area contributed by atoms with Gasteiger partial charge in [-0.05, 0) is 6.42 Å². The highest BCUT2D eigenvalue weighted by Crippen LogP contribution is 2.18. The molecule has 0 aliphatic rings. The van der Waals surface area contributed by atoms with Crippen molar-refractivity contribution < 1.29 is 4.74 Å². The molecular formula is C9H14N2O. The summed E-state index contributed by atoms with van der Waals surface area (Å²) in [6, 6.07) is 1.78. The molecule has 0 amide bonds. The summed E-state index contributed by atoms with van der Waals surface area (Å²) in [4.78, 5) is 3.87. The first-order valence-corrected chi connectivity index (χ1v) is 4.17. The lowest BCUT2D eigenvalue weighted by Crippen LogP contribution is -1.99. The SMILES string of the molecule is CCCCOc1ccncc1N. The smallest absolute Gasteiger partial charge is 0.145 e. The van der Waals surface area contributed by atoms with Crippen LogP contribution in [0.2, 0.25) is 0 Å². The van der Waals surface area contributed by atoms with Crippen molar-refractivity contribution in [3.8, 4) is 5.75 Å². The molecule has 12 heavy (non-hydrogen) atoms. The van der Waals surface area contributed by atoms with Crippen LogP contribution in [0.15, 0.2) is 18.5 Å². The van der Waals surface area contributed by atoms with Gasteiger partial charge in [-0.3, -0.25) is 4.98 Å². The minimum absolute atomic E-state index is 0.605. The van der Waals surface area contributed by atoms with Crippen molar-refractivity contribution in [1.82, 2.24) is 4.98 Å². The maximum absolute atomic E-state index is 5.62. The first-order chi connectivity index (χ1) is 5.84. The van der Waals surface area contributed by atoms with Gasteiger partial charge in [0.15, 0.2) is 0 Å². The number of unbranched alkanes of at least 4 members (excludes halogenated alkanes) is 1. The van der Waals surface area contributed by atoms with Crippen molar-refractivity contribution in [2.24, 2.45) is 0 Å². The Labute approximate surface area is 72.6 Å². The van der Waals surface area contributed by atoms with Crippen molar-refractivity contribution >= 4 is 5.69 Å². The van der Waals surface area contributed by atoms with Gasteiger partial charge in [-0.1, -0.05) is 13.3 Å². The van der Waals surface area contributed by atoms with E-state index in [1.807, 2.05) is 0 Å². The number of anilines is 1. The van der Waals surface area contributed by atoms with E-state index in [1.54, 1.807) is 18.5 Å². The fourth-order valence-electron chi connectivity index (χ4n) is 0.852. The highest BCUT2D eigenvalue weighted by atomic mass is 16.5. The van der Waals surface area contributed by atoms with Gasteiger partial charge in [0.2, 0.25) is 0 Å². The van der Waals surface area contributed by atoms with Crippen molar-refractivity contribution in [1.29, 1.82) is 0 Å². The molecule has 1 aromatic heterocycles. The molecule has 3 nitrogen and oxygen atoms in total. The Balaban J connectivity index is 2.46. The molecule has 0 saturated heterocycles. The number of aromatic nitrogens is 1. The zero-order valence-electron chi connectivity index (χ0n) is 7.29. The fraction of sp³-hybridized carbons (Fsp3) is 0.444. The molecule has 0 aliphatic heterocycles. The van der Waals surface area contributed by atoms with E-state index in [0.29, 0.717) is 5.69 Å². The number of nitrogens with two attached hydrogens (primary N) is 1. The van der Waals surface area contributed by atoms with Gasteiger partial charge >= 0.3 is 0 Å². The molecule has 0 spiro atoms. The number of nitrogens with zero attached hydrogens (tertiary/aromatic N) is 1. The van der Waals surface area contributed by atoms with Crippen molar-refractivity contribution in [3.63, 3.8) is 0 Å². The second-order valence-electron chi connectivity index (χ2n) is 2.62. The number of ether oxygens (including phenoxy) is 1. The second kappa shape index (κ2) is 4.59. The molecule has 0 aliphatic carbocycles. The van der Waals surface area contributed by atoms with Crippen LogP contribution in [0.1, 0.15) is 19.8 Å². The van der Waals surface area contributed by atoms with Gasteiger partial charge in [-0.25, -0.2) is 0 Å². The molecule has 0 radical (unpaired) electrons. The summed E-state index contributed by atoms with van der Waals surface area (Å²) in [5, 5.41) is 0. The number of pyridine rings is 1. The van der Waals surface area contributed by atoms with E-state index in [4.69, 9.17) is 10.5 Å². The van der Waals surface area contributed by atoms with E-state index in [-0.39, 0.29) is 0 Å². The van der Waals surface area contributed by atoms with Crippen LogP contribution in [0.4, 0.5) is 5.69 Å². The minimum Gasteiger partial charge on any atom is -0.491 e.